The highest BCUT2D eigenvalue weighted by atomic mass is 16.8. The molecule has 0 aromatic carbocycles. The fourth-order valence-corrected chi connectivity index (χ4v) is 10.4. The monoisotopic (exact) mass is 1200 g/mol. The summed E-state index contributed by atoms with van der Waals surface area (Å²) in [5, 5.41) is 212. The minimum atomic E-state index is -3.37. The maximum atomic E-state index is 13.5. The second kappa shape index (κ2) is 28.9. The van der Waals surface area contributed by atoms with Crippen LogP contribution in [0.2, 0.25) is 0 Å². The number of ether oxygens (including phenoxy) is 11. The fraction of sp³-hybridized carbons (Fsp3) is 0.911. The van der Waals surface area contributed by atoms with Gasteiger partial charge in [-0.1, -0.05) is 0 Å². The molecular formula is C45H75N3O34. The quantitative estimate of drug-likeness (QED) is 0.0479. The second-order valence-corrected chi connectivity index (χ2v) is 20.4. The van der Waals surface area contributed by atoms with Crippen molar-refractivity contribution in [2.45, 2.75) is 217 Å². The Morgan fingerprint density at radius 3 is 1.40 bits per heavy atom. The topological polar surface area (TPSA) is 590 Å². The zero-order chi connectivity index (χ0) is 61.0. The molecule has 6 aliphatic rings. The Kier molecular flexibility index (Phi) is 23.9. The van der Waals surface area contributed by atoms with Gasteiger partial charge >= 0.3 is 5.97 Å². The van der Waals surface area contributed by atoms with Gasteiger partial charge in [0.1, 0.15) is 140 Å². The molecule has 474 valence electrons. The lowest BCUT2D eigenvalue weighted by atomic mass is 9.88. The molecule has 0 aromatic heterocycles. The van der Waals surface area contributed by atoms with Gasteiger partial charge in [-0.3, -0.25) is 14.4 Å². The standard InChI is InChI=1S/C45H75N3O34/c1-11(55)46-21-14(58)4-45(44(70)71,81-36(21)24(60)15(59)5-49)82-38-32(68)43(76-20(10-54)35(38)79-40-22(47-12(2)56)27(63)25(61)16(6-50)73-40)77-33-19(9-53)75-41(23(28(33)64)48-13(3)57)80-37-26(62)17(7-51)74-42(31(37)67)78-34-18(8-52)72-39(69)30(66)29(34)65/h14-43,49-54,58-69H,4-10H2,1-3H3,(H,46,55)(H,47,56)(H,48,57)(H,70,71)/t14-,15+,16+,17+,18+,19+,20+,21+,22+,23+,24+,25-,26-,27+,28+,29+,30+,31+,32+,33-,34+,35-,36+,37-,38+,39+,40-,41-,42-,43-,45-/m0/s1. The van der Waals surface area contributed by atoms with Crippen LogP contribution < -0.4 is 16.0 Å². The molecule has 0 spiro atoms. The fourth-order valence-electron chi connectivity index (χ4n) is 10.4. The van der Waals surface area contributed by atoms with Gasteiger partial charge in [0.25, 0.3) is 5.79 Å². The second-order valence-electron chi connectivity index (χ2n) is 20.4. The van der Waals surface area contributed by atoms with Gasteiger partial charge in [0.2, 0.25) is 17.7 Å². The third kappa shape index (κ3) is 14.6. The van der Waals surface area contributed by atoms with Crippen molar-refractivity contribution in [3.05, 3.63) is 0 Å². The predicted molar refractivity (Wildman–Crippen MR) is 251 cm³/mol. The summed E-state index contributed by atoms with van der Waals surface area (Å²) < 4.78 is 63.7. The summed E-state index contributed by atoms with van der Waals surface area (Å²) in [4.78, 5) is 51.0. The summed E-state index contributed by atoms with van der Waals surface area (Å²) in [5.41, 5.74) is 0. The highest BCUT2D eigenvalue weighted by Gasteiger charge is 2.62. The number of nitrogens with one attached hydrogen (secondary N) is 3. The molecule has 0 radical (unpaired) electrons. The van der Waals surface area contributed by atoms with Crippen molar-refractivity contribution in [1.29, 1.82) is 0 Å². The lowest BCUT2D eigenvalue weighted by molar-refractivity contribution is -0.401. The summed E-state index contributed by atoms with van der Waals surface area (Å²) >= 11 is 0. The number of carbonyl (C=O) groups is 4. The molecule has 6 rings (SSSR count). The van der Waals surface area contributed by atoms with Crippen LogP contribution in [0.4, 0.5) is 0 Å². The van der Waals surface area contributed by atoms with E-state index < -0.39 is 259 Å². The first kappa shape index (κ1) is 67.8. The van der Waals surface area contributed by atoms with E-state index in [0.29, 0.717) is 0 Å². The molecule has 37 nitrogen and oxygen atoms in total. The van der Waals surface area contributed by atoms with Crippen LogP contribution in [0.25, 0.3) is 0 Å². The Labute approximate surface area is 463 Å². The summed E-state index contributed by atoms with van der Waals surface area (Å²) in [6, 6.07) is -5.49. The Morgan fingerprint density at radius 1 is 0.476 bits per heavy atom. The first-order valence-electron chi connectivity index (χ1n) is 25.7. The molecule has 0 bridgehead atoms. The van der Waals surface area contributed by atoms with Crippen LogP contribution in [0.5, 0.6) is 0 Å². The number of carbonyl (C=O) groups excluding carboxylic acids is 3. The van der Waals surface area contributed by atoms with Crippen LogP contribution >= 0.6 is 0 Å². The van der Waals surface area contributed by atoms with Crippen molar-refractivity contribution in [1.82, 2.24) is 16.0 Å². The molecule has 6 saturated heterocycles. The average molecular weight is 1200 g/mol. The van der Waals surface area contributed by atoms with E-state index in [1.165, 1.54) is 0 Å². The molecule has 0 unspecified atom stereocenters. The third-order valence-corrected chi connectivity index (χ3v) is 14.6. The van der Waals surface area contributed by atoms with Crippen LogP contribution in [0.1, 0.15) is 27.2 Å². The van der Waals surface area contributed by atoms with Crippen LogP contribution in [0, 0.1) is 0 Å². The molecule has 82 heavy (non-hydrogen) atoms. The van der Waals surface area contributed by atoms with Crippen molar-refractivity contribution < 1.29 is 168 Å². The number of hydrogen-bond acceptors (Lipinski definition) is 33. The summed E-state index contributed by atoms with van der Waals surface area (Å²) in [7, 11) is 0. The zero-order valence-corrected chi connectivity index (χ0v) is 43.9. The van der Waals surface area contributed by atoms with Gasteiger partial charge < -0.3 is 165 Å². The van der Waals surface area contributed by atoms with E-state index in [9.17, 15) is 116 Å². The lowest BCUT2D eigenvalue weighted by Gasteiger charge is -2.52. The highest BCUT2D eigenvalue weighted by molar-refractivity contribution is 5.77. The first-order chi connectivity index (χ1) is 38.6. The number of carboxylic acid groups (broad SMARTS) is 1. The smallest absolute Gasteiger partial charge is 0.364 e. The van der Waals surface area contributed by atoms with Gasteiger partial charge in [-0.25, -0.2) is 4.79 Å². The van der Waals surface area contributed by atoms with Crippen molar-refractivity contribution in [2.24, 2.45) is 0 Å². The maximum Gasteiger partial charge on any atom is 0.364 e. The third-order valence-electron chi connectivity index (χ3n) is 14.6. The number of rotatable bonds is 22. The van der Waals surface area contributed by atoms with Crippen molar-refractivity contribution in [3.8, 4) is 0 Å². The van der Waals surface area contributed by atoms with Gasteiger partial charge in [-0.05, 0) is 0 Å². The molecule has 37 heteroatoms. The van der Waals surface area contributed by atoms with Gasteiger partial charge in [0.15, 0.2) is 31.5 Å². The molecule has 22 N–H and O–H groups in total. The van der Waals surface area contributed by atoms with E-state index in [1.807, 2.05) is 0 Å². The molecule has 0 aliphatic carbocycles. The molecule has 6 fully saturated rings. The van der Waals surface area contributed by atoms with E-state index >= 15 is 0 Å². The van der Waals surface area contributed by atoms with Crippen LogP contribution in [-0.4, -0.2) is 350 Å². The molecule has 0 aromatic rings. The SMILES string of the molecule is CC(=O)N[C@H]1[C@H](O[C@H]2[C@@H](O)[C@@H](CO)O[C@@H](O[C@H]3[C@H](O)[C@@H](O)[C@H](O)O[C@@H]3CO)[C@@H]2O)O[C@H](CO)[C@H](O[C@@H]2O[C@H](CO)[C@H](O[C@@H]3O[C@H](CO)[C@H](O)[C@H](O)[C@H]3NC(C)=O)[C@H](O[C@]3(C(=O)O)C[C@H](O)[C@@H](NC(C)=O)[C@H]([C@H](O)[C@H](O)CO)O3)[C@H]2O)[C@@H]1O. The summed E-state index contributed by atoms with van der Waals surface area (Å²) in [6.07, 6.45) is -57.2. The Hall–Kier alpha value is -3.28. The average Bonchev–Trinajstić information content (AvgIpc) is 3.43. The highest BCUT2D eigenvalue weighted by Crippen LogP contribution is 2.41. The van der Waals surface area contributed by atoms with Gasteiger partial charge in [-0.15, -0.1) is 0 Å². The molecular weight excluding hydrogens is 1130 g/mol. The first-order valence-corrected chi connectivity index (χ1v) is 25.7. The largest absolute Gasteiger partial charge is 0.477 e. The molecule has 31 atom stereocenters. The number of amides is 3. The van der Waals surface area contributed by atoms with E-state index in [2.05, 4.69) is 16.0 Å². The van der Waals surface area contributed by atoms with Gasteiger partial charge in [0.05, 0.1) is 51.8 Å². The maximum absolute atomic E-state index is 13.5. The van der Waals surface area contributed by atoms with E-state index in [4.69, 9.17) is 52.1 Å². The van der Waals surface area contributed by atoms with Crippen molar-refractivity contribution >= 4 is 23.7 Å². The van der Waals surface area contributed by atoms with Crippen LogP contribution in [0.15, 0.2) is 0 Å². The van der Waals surface area contributed by atoms with Gasteiger partial charge in [0, 0.05) is 27.2 Å². The Bertz CT molecular complexity index is 2090. The molecule has 3 amide bonds. The normalized spacial score (nSPS) is 46.3. The number of carboxylic acids is 1. The summed E-state index contributed by atoms with van der Waals surface area (Å²) in [5.74, 6) is -8.23. The van der Waals surface area contributed by atoms with Crippen molar-refractivity contribution in [2.75, 3.05) is 39.6 Å². The molecule has 6 aliphatic heterocycles. The van der Waals surface area contributed by atoms with Crippen LogP contribution in [-0.2, 0) is 71.3 Å². The number of aliphatic hydroxyl groups is 18. The Morgan fingerprint density at radius 2 is 0.890 bits per heavy atom. The predicted octanol–water partition coefficient (Wildman–Crippen LogP) is -14.5. The van der Waals surface area contributed by atoms with Crippen LogP contribution in [0.3, 0.4) is 0 Å². The number of aliphatic carboxylic acids is 1. The molecule has 0 saturated carbocycles. The van der Waals surface area contributed by atoms with Gasteiger partial charge in [-0.2, -0.15) is 0 Å². The number of hydrogen-bond donors (Lipinski definition) is 22. The minimum absolute atomic E-state index is 0.871. The minimum Gasteiger partial charge on any atom is -0.477 e. The lowest BCUT2D eigenvalue weighted by Crippen LogP contribution is -2.72. The zero-order valence-electron chi connectivity index (χ0n) is 43.9. The molecule has 6 heterocycles. The van der Waals surface area contributed by atoms with E-state index in [0.717, 1.165) is 20.8 Å². The summed E-state index contributed by atoms with van der Waals surface area (Å²) in [6.45, 7) is -3.75. The van der Waals surface area contributed by atoms with E-state index in [1.54, 1.807) is 0 Å². The van der Waals surface area contributed by atoms with E-state index in [-0.39, 0.29) is 0 Å². The van der Waals surface area contributed by atoms with Crippen molar-refractivity contribution in [3.63, 3.8) is 0 Å². The Balaban J connectivity index is 1.36. The number of aliphatic hydroxyl groups excluding tert-OH is 18.